The van der Waals surface area contributed by atoms with Crippen LogP contribution in [0.25, 0.3) is 5.69 Å². The molecule has 1 aromatic carbocycles. The molecule has 1 aliphatic heterocycles. The van der Waals surface area contributed by atoms with Crippen molar-refractivity contribution in [1.29, 1.82) is 0 Å². The average molecular weight is 336 g/mol. The lowest BCUT2D eigenvalue weighted by molar-refractivity contribution is -0.147. The van der Waals surface area contributed by atoms with Gasteiger partial charge in [-0.15, -0.1) is 10.2 Å². The summed E-state index contributed by atoms with van der Waals surface area (Å²) in [6.07, 6.45) is -4.51. The smallest absolute Gasteiger partial charge is 0.330 e. The molecule has 0 spiro atoms. The fourth-order valence-electron chi connectivity index (χ4n) is 2.65. The van der Waals surface area contributed by atoms with Gasteiger partial charge in [0.2, 0.25) is 5.82 Å². The van der Waals surface area contributed by atoms with Crippen LogP contribution < -0.4 is 4.90 Å². The maximum Gasteiger partial charge on any atom is 0.451 e. The molecular weight excluding hydrogens is 325 g/mol. The number of aromatic nitrogens is 7. The SMILES string of the molecule is FC(F)(F)c1nnc2n1CCN(c1nnnn1-c1ccccc1)C2. The molecule has 2 aromatic heterocycles. The molecule has 0 saturated heterocycles. The second-order valence-electron chi connectivity index (χ2n) is 5.24. The van der Waals surface area contributed by atoms with Gasteiger partial charge in [-0.05, 0) is 22.6 Å². The Morgan fingerprint density at radius 2 is 1.75 bits per heavy atom. The second-order valence-corrected chi connectivity index (χ2v) is 5.24. The number of benzene rings is 1. The van der Waals surface area contributed by atoms with E-state index in [2.05, 4.69) is 25.7 Å². The Morgan fingerprint density at radius 1 is 0.958 bits per heavy atom. The highest BCUT2D eigenvalue weighted by atomic mass is 19.4. The van der Waals surface area contributed by atoms with Crippen LogP contribution in [0.5, 0.6) is 0 Å². The summed E-state index contributed by atoms with van der Waals surface area (Å²) in [7, 11) is 0. The van der Waals surface area contributed by atoms with Gasteiger partial charge >= 0.3 is 6.18 Å². The molecule has 124 valence electrons. The Labute approximate surface area is 133 Å². The molecule has 11 heteroatoms. The molecule has 0 saturated carbocycles. The van der Waals surface area contributed by atoms with Gasteiger partial charge in [0, 0.05) is 13.1 Å². The maximum absolute atomic E-state index is 12.9. The average Bonchev–Trinajstić information content (AvgIpc) is 3.21. The van der Waals surface area contributed by atoms with Crippen molar-refractivity contribution in [2.24, 2.45) is 0 Å². The van der Waals surface area contributed by atoms with Crippen molar-refractivity contribution in [3.8, 4) is 5.69 Å². The van der Waals surface area contributed by atoms with E-state index < -0.39 is 12.0 Å². The van der Waals surface area contributed by atoms with Gasteiger partial charge in [-0.3, -0.25) is 0 Å². The maximum atomic E-state index is 12.9. The number of halogens is 3. The molecule has 0 radical (unpaired) electrons. The Kier molecular flexibility index (Phi) is 3.22. The Bertz CT molecular complexity index is 854. The van der Waals surface area contributed by atoms with Crippen LogP contribution in [-0.2, 0) is 19.3 Å². The first-order valence-corrected chi connectivity index (χ1v) is 7.12. The Morgan fingerprint density at radius 3 is 2.50 bits per heavy atom. The van der Waals surface area contributed by atoms with Crippen LogP contribution in [0.15, 0.2) is 30.3 Å². The number of fused-ring (bicyclic) bond motifs is 1. The molecule has 0 N–H and O–H groups in total. The van der Waals surface area contributed by atoms with Crippen molar-refractivity contribution in [2.75, 3.05) is 11.4 Å². The number of anilines is 1. The third-order valence-electron chi connectivity index (χ3n) is 3.74. The van der Waals surface area contributed by atoms with E-state index >= 15 is 0 Å². The van der Waals surface area contributed by atoms with E-state index in [-0.39, 0.29) is 18.9 Å². The third-order valence-corrected chi connectivity index (χ3v) is 3.74. The van der Waals surface area contributed by atoms with Gasteiger partial charge < -0.3 is 9.47 Å². The van der Waals surface area contributed by atoms with E-state index in [1.165, 1.54) is 4.68 Å². The van der Waals surface area contributed by atoms with Crippen LogP contribution in [-0.4, -0.2) is 41.5 Å². The van der Waals surface area contributed by atoms with Crippen LogP contribution in [0, 0.1) is 0 Å². The van der Waals surface area contributed by atoms with Gasteiger partial charge in [-0.2, -0.15) is 17.9 Å². The molecule has 0 atom stereocenters. The number of rotatable bonds is 2. The monoisotopic (exact) mass is 336 g/mol. The Hall–Kier alpha value is -2.98. The van der Waals surface area contributed by atoms with Crippen LogP contribution >= 0.6 is 0 Å². The summed E-state index contributed by atoms with van der Waals surface area (Å²) >= 11 is 0. The molecule has 4 rings (SSSR count). The van der Waals surface area contributed by atoms with Gasteiger partial charge in [0.25, 0.3) is 5.95 Å². The molecule has 0 amide bonds. The summed E-state index contributed by atoms with van der Waals surface area (Å²) in [4.78, 5) is 1.77. The first kappa shape index (κ1) is 14.6. The van der Waals surface area contributed by atoms with Gasteiger partial charge in [0.15, 0.2) is 5.82 Å². The van der Waals surface area contributed by atoms with Crippen LogP contribution in [0.4, 0.5) is 19.1 Å². The summed E-state index contributed by atoms with van der Waals surface area (Å²) in [6, 6.07) is 9.25. The van der Waals surface area contributed by atoms with Crippen LogP contribution in [0.3, 0.4) is 0 Å². The first-order valence-electron chi connectivity index (χ1n) is 7.12. The predicted molar refractivity (Wildman–Crippen MR) is 75.2 cm³/mol. The fourth-order valence-corrected chi connectivity index (χ4v) is 2.65. The lowest BCUT2D eigenvalue weighted by atomic mass is 10.3. The second kappa shape index (κ2) is 5.28. The number of alkyl halides is 3. The van der Waals surface area contributed by atoms with Gasteiger partial charge in [0.05, 0.1) is 12.2 Å². The minimum absolute atomic E-state index is 0.110. The topological polar surface area (TPSA) is 77.6 Å². The molecule has 3 heterocycles. The van der Waals surface area contributed by atoms with Crippen LogP contribution in [0.1, 0.15) is 11.6 Å². The van der Waals surface area contributed by atoms with Crippen molar-refractivity contribution in [2.45, 2.75) is 19.3 Å². The first-order chi connectivity index (χ1) is 11.5. The Balaban J connectivity index is 1.65. The highest BCUT2D eigenvalue weighted by Gasteiger charge is 2.39. The minimum atomic E-state index is -4.51. The molecule has 0 unspecified atom stereocenters. The van der Waals surface area contributed by atoms with Crippen molar-refractivity contribution in [3.05, 3.63) is 42.0 Å². The highest BCUT2D eigenvalue weighted by molar-refractivity contribution is 5.41. The normalized spacial score (nSPS) is 14.7. The van der Waals surface area contributed by atoms with Crippen molar-refractivity contribution in [1.82, 2.24) is 35.0 Å². The van der Waals surface area contributed by atoms with Crippen molar-refractivity contribution >= 4 is 5.95 Å². The van der Waals surface area contributed by atoms with E-state index in [0.29, 0.717) is 12.5 Å². The van der Waals surface area contributed by atoms with E-state index in [1.807, 2.05) is 30.3 Å². The summed E-state index contributed by atoms with van der Waals surface area (Å²) in [5.74, 6) is -0.292. The zero-order valence-electron chi connectivity index (χ0n) is 12.2. The number of tetrazole rings is 1. The largest absolute Gasteiger partial charge is 0.451 e. The molecule has 0 fully saturated rings. The van der Waals surface area contributed by atoms with Crippen LogP contribution in [0.2, 0.25) is 0 Å². The van der Waals surface area contributed by atoms with E-state index in [1.54, 1.807) is 4.90 Å². The highest BCUT2D eigenvalue weighted by Crippen LogP contribution is 2.30. The predicted octanol–water partition coefficient (Wildman–Crippen LogP) is 1.29. The van der Waals surface area contributed by atoms with E-state index in [9.17, 15) is 13.2 Å². The zero-order chi connectivity index (χ0) is 16.7. The quantitative estimate of drug-likeness (QED) is 0.702. The molecule has 3 aromatic rings. The standard InChI is InChI=1S/C13H11F3N8/c14-13(15,16)11-18-17-10-8-22(6-7-23(10)11)12-19-20-21-24(12)9-4-2-1-3-5-9/h1-5H,6-8H2. The summed E-state index contributed by atoms with van der Waals surface area (Å²) in [6.45, 7) is 0.580. The third kappa shape index (κ3) is 2.37. The molecule has 0 bridgehead atoms. The van der Waals surface area contributed by atoms with Gasteiger partial charge in [-0.1, -0.05) is 23.3 Å². The zero-order valence-corrected chi connectivity index (χ0v) is 12.2. The molecular formula is C13H11F3N8. The van der Waals surface area contributed by atoms with Gasteiger partial charge in [-0.25, -0.2) is 0 Å². The molecule has 8 nitrogen and oxygen atoms in total. The van der Waals surface area contributed by atoms with E-state index in [0.717, 1.165) is 10.3 Å². The van der Waals surface area contributed by atoms with Crippen molar-refractivity contribution < 1.29 is 13.2 Å². The fraction of sp³-hybridized carbons (Fsp3) is 0.308. The lowest BCUT2D eigenvalue weighted by Crippen LogP contribution is -2.36. The van der Waals surface area contributed by atoms with Gasteiger partial charge in [0.1, 0.15) is 0 Å². The number of nitrogens with zero attached hydrogens (tertiary/aromatic N) is 8. The number of para-hydroxylation sites is 1. The summed E-state index contributed by atoms with van der Waals surface area (Å²) in [5.41, 5.74) is 0.764. The van der Waals surface area contributed by atoms with E-state index in [4.69, 9.17) is 0 Å². The van der Waals surface area contributed by atoms with Crippen molar-refractivity contribution in [3.63, 3.8) is 0 Å². The lowest BCUT2D eigenvalue weighted by Gasteiger charge is -2.28. The molecule has 1 aliphatic rings. The minimum Gasteiger partial charge on any atom is -0.330 e. The summed E-state index contributed by atoms with van der Waals surface area (Å²) in [5, 5.41) is 18.5. The summed E-state index contributed by atoms with van der Waals surface area (Å²) < 4.78 is 41.3. The number of hydrogen-bond acceptors (Lipinski definition) is 6. The molecule has 24 heavy (non-hydrogen) atoms. The molecule has 0 aliphatic carbocycles. The number of hydrogen-bond donors (Lipinski definition) is 0.